The van der Waals surface area contributed by atoms with Crippen molar-refractivity contribution in [2.75, 3.05) is 5.73 Å². The Labute approximate surface area is 90.3 Å². The summed E-state index contributed by atoms with van der Waals surface area (Å²) < 4.78 is 4.61. The fourth-order valence-electron chi connectivity index (χ4n) is 1.01. The summed E-state index contributed by atoms with van der Waals surface area (Å²) in [7, 11) is 0. The van der Waals surface area contributed by atoms with Gasteiger partial charge in [-0.25, -0.2) is 9.97 Å². The molecule has 0 amide bonds. The molecule has 0 aliphatic rings. The molecule has 78 valence electrons. The van der Waals surface area contributed by atoms with Crippen molar-refractivity contribution >= 4 is 17.6 Å². The lowest BCUT2D eigenvalue weighted by Crippen LogP contribution is -1.97. The Balaban J connectivity index is 2.05. The molecule has 0 aliphatic heterocycles. The van der Waals surface area contributed by atoms with E-state index in [2.05, 4.69) is 24.6 Å². The first-order valence-corrected chi connectivity index (χ1v) is 5.22. The molecule has 6 nitrogen and oxygen atoms in total. The summed E-state index contributed by atoms with van der Waals surface area (Å²) in [4.78, 5) is 12.2. The van der Waals surface area contributed by atoms with E-state index in [9.17, 15) is 0 Å². The molecular weight excluding hydrogens is 214 g/mol. The van der Waals surface area contributed by atoms with Crippen LogP contribution in [0.15, 0.2) is 22.1 Å². The van der Waals surface area contributed by atoms with Crippen molar-refractivity contribution in [1.82, 2.24) is 20.1 Å². The van der Waals surface area contributed by atoms with Gasteiger partial charge < -0.3 is 10.3 Å². The number of aryl methyl sites for hydroxylation is 1. The first-order chi connectivity index (χ1) is 7.24. The van der Waals surface area contributed by atoms with Crippen LogP contribution in [0.3, 0.4) is 0 Å². The summed E-state index contributed by atoms with van der Waals surface area (Å²) in [5.74, 6) is 1.65. The van der Waals surface area contributed by atoms with Crippen LogP contribution in [0.1, 0.15) is 11.5 Å². The van der Waals surface area contributed by atoms with E-state index in [-0.39, 0.29) is 0 Å². The fraction of sp³-hybridized carbons (Fsp3) is 0.250. The molecule has 0 spiro atoms. The maximum atomic E-state index is 5.59. The van der Waals surface area contributed by atoms with Crippen molar-refractivity contribution in [1.29, 1.82) is 0 Å². The average molecular weight is 223 g/mol. The molecule has 0 bridgehead atoms. The Morgan fingerprint density at radius 3 is 3.00 bits per heavy atom. The second kappa shape index (κ2) is 4.26. The Morgan fingerprint density at radius 1 is 1.47 bits per heavy atom. The second-order valence-electron chi connectivity index (χ2n) is 2.85. The van der Waals surface area contributed by atoms with Crippen molar-refractivity contribution in [2.24, 2.45) is 0 Å². The van der Waals surface area contributed by atoms with Crippen LogP contribution in [0.25, 0.3) is 0 Å². The minimum Gasteiger partial charge on any atom is -0.384 e. The molecule has 0 saturated carbocycles. The van der Waals surface area contributed by atoms with Gasteiger partial charge in [0.1, 0.15) is 5.82 Å². The molecule has 0 fully saturated rings. The van der Waals surface area contributed by atoms with E-state index in [1.807, 2.05) is 6.92 Å². The highest BCUT2D eigenvalue weighted by Crippen LogP contribution is 2.18. The highest BCUT2D eigenvalue weighted by Gasteiger charge is 2.04. The molecule has 2 rings (SSSR count). The van der Waals surface area contributed by atoms with Crippen LogP contribution in [-0.2, 0) is 5.75 Å². The van der Waals surface area contributed by atoms with Crippen LogP contribution < -0.4 is 5.73 Å². The third-order valence-corrected chi connectivity index (χ3v) is 2.43. The zero-order valence-electron chi connectivity index (χ0n) is 8.04. The van der Waals surface area contributed by atoms with Gasteiger partial charge in [-0.3, -0.25) is 0 Å². The topological polar surface area (TPSA) is 90.7 Å². The monoisotopic (exact) mass is 223 g/mol. The van der Waals surface area contributed by atoms with Crippen LogP contribution in [0.5, 0.6) is 0 Å². The molecule has 0 radical (unpaired) electrons. The zero-order valence-corrected chi connectivity index (χ0v) is 8.86. The number of hydrogen-bond acceptors (Lipinski definition) is 7. The van der Waals surface area contributed by atoms with Crippen molar-refractivity contribution in [3.8, 4) is 0 Å². The van der Waals surface area contributed by atoms with Crippen LogP contribution >= 0.6 is 11.8 Å². The molecule has 2 aromatic heterocycles. The summed E-state index contributed by atoms with van der Waals surface area (Å²) in [5, 5.41) is 4.30. The molecule has 2 N–H and O–H groups in total. The summed E-state index contributed by atoms with van der Waals surface area (Å²) in [5.41, 5.74) is 6.44. The molecule has 0 aliphatic carbocycles. The summed E-state index contributed by atoms with van der Waals surface area (Å²) in [6, 6.07) is 1.72. The van der Waals surface area contributed by atoms with Gasteiger partial charge in [0.15, 0.2) is 11.0 Å². The largest absolute Gasteiger partial charge is 0.384 e. The van der Waals surface area contributed by atoms with Crippen molar-refractivity contribution in [3.05, 3.63) is 24.0 Å². The van der Waals surface area contributed by atoms with Gasteiger partial charge in [-0.05, 0) is 6.92 Å². The smallest absolute Gasteiger partial charge is 0.213 e. The molecule has 2 aromatic rings. The number of thioether (sulfide) groups is 1. The lowest BCUT2D eigenvalue weighted by Gasteiger charge is -2.00. The van der Waals surface area contributed by atoms with E-state index in [0.717, 1.165) is 5.69 Å². The van der Waals surface area contributed by atoms with E-state index < -0.39 is 0 Å². The van der Waals surface area contributed by atoms with E-state index in [1.54, 1.807) is 6.07 Å². The Kier molecular flexibility index (Phi) is 2.82. The zero-order chi connectivity index (χ0) is 10.7. The van der Waals surface area contributed by atoms with Gasteiger partial charge in [0.05, 0.1) is 5.75 Å². The predicted octanol–water partition coefficient (Wildman–Crippen LogP) is 1.04. The van der Waals surface area contributed by atoms with Gasteiger partial charge in [0.2, 0.25) is 6.39 Å². The lowest BCUT2D eigenvalue weighted by atomic mass is 10.4. The molecule has 7 heteroatoms. The first kappa shape index (κ1) is 9.91. The average Bonchev–Trinajstić information content (AvgIpc) is 2.65. The Bertz CT molecular complexity index is 424. The lowest BCUT2D eigenvalue weighted by molar-refractivity contribution is 0.412. The molecular formula is C8H9N5OS. The van der Waals surface area contributed by atoms with Crippen molar-refractivity contribution in [2.45, 2.75) is 17.8 Å². The quantitative estimate of drug-likeness (QED) is 0.614. The number of nitrogen functional groups attached to an aromatic ring is 1. The third-order valence-electron chi connectivity index (χ3n) is 1.59. The maximum Gasteiger partial charge on any atom is 0.213 e. The highest BCUT2D eigenvalue weighted by atomic mass is 32.2. The minimum atomic E-state index is 0.470. The van der Waals surface area contributed by atoms with Gasteiger partial charge >= 0.3 is 0 Å². The second-order valence-corrected chi connectivity index (χ2v) is 3.80. The Hall–Kier alpha value is -1.63. The predicted molar refractivity (Wildman–Crippen MR) is 55.0 cm³/mol. The van der Waals surface area contributed by atoms with Crippen LogP contribution in [-0.4, -0.2) is 20.1 Å². The van der Waals surface area contributed by atoms with Crippen LogP contribution in [0, 0.1) is 6.92 Å². The van der Waals surface area contributed by atoms with Gasteiger partial charge in [-0.1, -0.05) is 16.9 Å². The SMILES string of the molecule is Cc1cc(N)nc(SCc2ncon2)n1. The number of rotatable bonds is 3. The van der Waals surface area contributed by atoms with Gasteiger partial charge in [0, 0.05) is 11.8 Å². The molecule has 2 heterocycles. The van der Waals surface area contributed by atoms with E-state index in [1.165, 1.54) is 18.2 Å². The molecule has 0 aromatic carbocycles. The number of anilines is 1. The highest BCUT2D eigenvalue weighted by molar-refractivity contribution is 7.98. The number of hydrogen-bond donors (Lipinski definition) is 1. The van der Waals surface area contributed by atoms with E-state index in [4.69, 9.17) is 5.73 Å². The van der Waals surface area contributed by atoms with Gasteiger partial charge in [-0.2, -0.15) is 4.98 Å². The molecule has 0 atom stereocenters. The number of nitrogens with zero attached hydrogens (tertiary/aromatic N) is 4. The first-order valence-electron chi connectivity index (χ1n) is 4.23. The minimum absolute atomic E-state index is 0.470. The Morgan fingerprint density at radius 2 is 2.33 bits per heavy atom. The molecule has 15 heavy (non-hydrogen) atoms. The normalized spacial score (nSPS) is 10.5. The number of aromatic nitrogens is 4. The van der Waals surface area contributed by atoms with Gasteiger partial charge in [0.25, 0.3) is 0 Å². The van der Waals surface area contributed by atoms with E-state index >= 15 is 0 Å². The van der Waals surface area contributed by atoms with E-state index in [0.29, 0.717) is 22.6 Å². The van der Waals surface area contributed by atoms with Crippen LogP contribution in [0.2, 0.25) is 0 Å². The summed E-state index contributed by atoms with van der Waals surface area (Å²) in [6.07, 6.45) is 1.29. The number of nitrogens with two attached hydrogens (primary N) is 1. The standard InChI is InChI=1S/C8H9N5OS/c1-5-2-6(9)12-8(11-5)15-3-7-10-4-14-13-7/h2,4H,3H2,1H3,(H2,9,11,12). The van der Waals surface area contributed by atoms with Gasteiger partial charge in [-0.15, -0.1) is 0 Å². The maximum absolute atomic E-state index is 5.59. The van der Waals surface area contributed by atoms with Crippen molar-refractivity contribution < 1.29 is 4.52 Å². The summed E-state index contributed by atoms with van der Waals surface area (Å²) in [6.45, 7) is 1.87. The summed E-state index contributed by atoms with van der Waals surface area (Å²) >= 11 is 1.42. The fourth-order valence-corrected chi connectivity index (χ4v) is 1.78. The molecule has 0 saturated heterocycles. The van der Waals surface area contributed by atoms with Crippen LogP contribution in [0.4, 0.5) is 5.82 Å². The van der Waals surface area contributed by atoms with Crippen molar-refractivity contribution in [3.63, 3.8) is 0 Å². The molecule has 0 unspecified atom stereocenters. The third kappa shape index (κ3) is 2.66.